The van der Waals surface area contributed by atoms with Gasteiger partial charge in [0.15, 0.2) is 0 Å². The summed E-state index contributed by atoms with van der Waals surface area (Å²) in [6.07, 6.45) is -3.63. The van der Waals surface area contributed by atoms with Crippen molar-refractivity contribution in [2.45, 2.75) is 24.2 Å². The van der Waals surface area contributed by atoms with Gasteiger partial charge in [-0.2, -0.15) is 18.4 Å². The van der Waals surface area contributed by atoms with Gasteiger partial charge in [0.25, 0.3) is 5.91 Å². The molecule has 154 valence electrons. The Kier molecular flexibility index (Phi) is 4.45. The molecule has 7 nitrogen and oxygen atoms in total. The predicted molar refractivity (Wildman–Crippen MR) is 93.9 cm³/mol. The number of halogens is 4. The molecule has 30 heavy (non-hydrogen) atoms. The van der Waals surface area contributed by atoms with Crippen molar-refractivity contribution in [2.24, 2.45) is 0 Å². The highest BCUT2D eigenvalue weighted by molar-refractivity contribution is 6.01. The summed E-state index contributed by atoms with van der Waals surface area (Å²) in [4.78, 5) is 33.7. The first kappa shape index (κ1) is 19.8. The van der Waals surface area contributed by atoms with Gasteiger partial charge in [-0.15, -0.1) is 0 Å². The van der Waals surface area contributed by atoms with Crippen molar-refractivity contribution in [3.8, 4) is 6.07 Å². The second-order valence-corrected chi connectivity index (χ2v) is 7.20. The Hall–Kier alpha value is -3.55. The Morgan fingerprint density at radius 3 is 2.57 bits per heavy atom. The molecule has 1 N–H and O–H groups in total. The van der Waals surface area contributed by atoms with Crippen LogP contribution in [0.3, 0.4) is 0 Å². The average molecular weight is 419 g/mol. The number of nitriles is 1. The fourth-order valence-corrected chi connectivity index (χ4v) is 3.61. The fraction of sp³-hybridized carbons (Fsp3) is 0.316. The molecule has 2 aromatic rings. The number of carbonyl (C=O) groups excluding carboxylic acids is 2. The molecule has 0 bridgehead atoms. The molecule has 1 spiro atoms. The van der Waals surface area contributed by atoms with Gasteiger partial charge in [-0.25, -0.2) is 14.4 Å². The van der Waals surface area contributed by atoms with E-state index >= 15 is 0 Å². The van der Waals surface area contributed by atoms with Crippen molar-refractivity contribution in [1.82, 2.24) is 14.9 Å². The van der Waals surface area contributed by atoms with Gasteiger partial charge in [-0.3, -0.25) is 14.9 Å². The molecule has 1 unspecified atom stereocenters. The molecule has 2 amide bonds. The number of hydrogen-bond donors (Lipinski definition) is 1. The summed E-state index contributed by atoms with van der Waals surface area (Å²) in [6.45, 7) is -0.653. The fourth-order valence-electron chi connectivity index (χ4n) is 3.61. The molecule has 1 aliphatic heterocycles. The molecule has 1 saturated carbocycles. The first-order chi connectivity index (χ1) is 14.1. The normalized spacial score (nSPS) is 22.4. The predicted octanol–water partition coefficient (Wildman–Crippen LogP) is 2.44. The highest BCUT2D eigenvalue weighted by Crippen LogP contribution is 2.55. The lowest BCUT2D eigenvalue weighted by Crippen LogP contribution is -2.47. The molecule has 1 aromatic heterocycles. The maximum Gasteiger partial charge on any atom is 0.416 e. The zero-order chi connectivity index (χ0) is 21.7. The van der Waals surface area contributed by atoms with Crippen LogP contribution >= 0.6 is 0 Å². The van der Waals surface area contributed by atoms with Crippen molar-refractivity contribution in [3.63, 3.8) is 0 Å². The van der Waals surface area contributed by atoms with Gasteiger partial charge >= 0.3 is 6.18 Å². The van der Waals surface area contributed by atoms with E-state index in [0.717, 1.165) is 23.1 Å². The zero-order valence-corrected chi connectivity index (χ0v) is 15.2. The molecule has 2 aliphatic rings. The first-order valence-electron chi connectivity index (χ1n) is 8.81. The third-order valence-electron chi connectivity index (χ3n) is 5.22. The van der Waals surface area contributed by atoms with Crippen LogP contribution in [0.2, 0.25) is 0 Å². The SMILES string of the molecule is N#Cc1cnc(NC(=O)CN2C[C@@]3(CC3F)c3cc(C(F)(F)F)ccc3C2=O)nc1. The molecule has 4 rings (SSSR count). The second-order valence-electron chi connectivity index (χ2n) is 7.20. The maximum atomic E-state index is 14.2. The van der Waals surface area contributed by atoms with Crippen LogP contribution in [0.4, 0.5) is 23.5 Å². The third kappa shape index (κ3) is 3.34. The van der Waals surface area contributed by atoms with Gasteiger partial charge in [0.2, 0.25) is 11.9 Å². The summed E-state index contributed by atoms with van der Waals surface area (Å²) in [5.41, 5.74) is -2.01. The van der Waals surface area contributed by atoms with E-state index in [1.807, 2.05) is 6.07 Å². The van der Waals surface area contributed by atoms with E-state index < -0.39 is 41.7 Å². The highest BCUT2D eigenvalue weighted by Gasteiger charge is 2.61. The lowest BCUT2D eigenvalue weighted by atomic mass is 9.85. The van der Waals surface area contributed by atoms with Crippen LogP contribution in [0.25, 0.3) is 0 Å². The number of fused-ring (bicyclic) bond motifs is 2. The Balaban J connectivity index is 1.56. The Morgan fingerprint density at radius 1 is 1.33 bits per heavy atom. The maximum absolute atomic E-state index is 14.2. The van der Waals surface area contributed by atoms with Crippen LogP contribution in [0, 0.1) is 11.3 Å². The smallest absolute Gasteiger partial charge is 0.328 e. The first-order valence-corrected chi connectivity index (χ1v) is 8.81. The monoisotopic (exact) mass is 419 g/mol. The van der Waals surface area contributed by atoms with Crippen LogP contribution < -0.4 is 5.32 Å². The minimum atomic E-state index is -4.61. The number of alkyl halides is 4. The molecular weight excluding hydrogens is 406 g/mol. The van der Waals surface area contributed by atoms with Gasteiger partial charge in [0, 0.05) is 17.5 Å². The van der Waals surface area contributed by atoms with Gasteiger partial charge in [0.1, 0.15) is 18.8 Å². The van der Waals surface area contributed by atoms with E-state index in [9.17, 15) is 27.2 Å². The molecule has 1 aliphatic carbocycles. The summed E-state index contributed by atoms with van der Waals surface area (Å²) in [5.74, 6) is -1.39. The summed E-state index contributed by atoms with van der Waals surface area (Å²) >= 11 is 0. The van der Waals surface area contributed by atoms with Crippen LogP contribution in [0.1, 0.15) is 33.5 Å². The minimum Gasteiger partial charge on any atom is -0.328 e. The second kappa shape index (κ2) is 6.76. The molecule has 1 aromatic carbocycles. The van der Waals surface area contributed by atoms with Crippen molar-refractivity contribution in [1.29, 1.82) is 5.26 Å². The van der Waals surface area contributed by atoms with E-state index in [2.05, 4.69) is 15.3 Å². The van der Waals surface area contributed by atoms with Crippen molar-refractivity contribution in [2.75, 3.05) is 18.4 Å². The Morgan fingerprint density at radius 2 is 2.00 bits per heavy atom. The van der Waals surface area contributed by atoms with E-state index in [4.69, 9.17) is 5.26 Å². The minimum absolute atomic E-state index is 0.0224. The third-order valence-corrected chi connectivity index (χ3v) is 5.22. The molecule has 0 saturated heterocycles. The number of anilines is 1. The molecule has 2 atom stereocenters. The van der Waals surface area contributed by atoms with E-state index in [0.29, 0.717) is 0 Å². The number of rotatable bonds is 3. The highest BCUT2D eigenvalue weighted by atomic mass is 19.4. The molecule has 1 fully saturated rings. The van der Waals surface area contributed by atoms with Crippen LogP contribution in [0.5, 0.6) is 0 Å². The van der Waals surface area contributed by atoms with Gasteiger partial charge in [-0.1, -0.05) is 0 Å². The summed E-state index contributed by atoms with van der Waals surface area (Å²) in [5, 5.41) is 11.1. The quantitative estimate of drug-likeness (QED) is 0.771. The molecule has 11 heteroatoms. The molecule has 0 radical (unpaired) electrons. The van der Waals surface area contributed by atoms with Crippen LogP contribution in [-0.4, -0.2) is 45.9 Å². The molecular formula is C19H13F4N5O2. The Bertz CT molecular complexity index is 1080. The van der Waals surface area contributed by atoms with Crippen molar-refractivity contribution < 1.29 is 27.2 Å². The number of carbonyl (C=O) groups is 2. The average Bonchev–Trinajstić information content (AvgIpc) is 3.35. The van der Waals surface area contributed by atoms with E-state index in [-0.39, 0.29) is 35.6 Å². The lowest BCUT2D eigenvalue weighted by molar-refractivity contribution is -0.137. The number of hydrogen-bond acceptors (Lipinski definition) is 5. The van der Waals surface area contributed by atoms with Crippen molar-refractivity contribution in [3.05, 3.63) is 52.8 Å². The largest absolute Gasteiger partial charge is 0.416 e. The Labute approximate surface area is 167 Å². The number of nitrogens with zero attached hydrogens (tertiary/aromatic N) is 4. The molecule has 2 heterocycles. The van der Waals surface area contributed by atoms with Gasteiger partial charge < -0.3 is 4.90 Å². The van der Waals surface area contributed by atoms with Crippen LogP contribution in [0.15, 0.2) is 30.6 Å². The van der Waals surface area contributed by atoms with Gasteiger partial charge in [0.05, 0.1) is 23.5 Å². The number of benzene rings is 1. The summed E-state index contributed by atoms with van der Waals surface area (Å²) in [7, 11) is 0. The standard InChI is InChI=1S/C19H13F4N5O2/c20-14-4-18(14)9-28(8-15(29)27-17-25-6-10(5-24)7-26-17)16(30)12-2-1-11(3-13(12)18)19(21,22)23/h1-3,6-7,14H,4,8-9H2,(H,25,26,27,29)/t14?,18-/m0/s1. The van der Waals surface area contributed by atoms with Crippen LogP contribution in [-0.2, 0) is 16.4 Å². The van der Waals surface area contributed by atoms with E-state index in [1.54, 1.807) is 0 Å². The number of aromatic nitrogens is 2. The number of amides is 2. The van der Waals surface area contributed by atoms with Gasteiger partial charge in [-0.05, 0) is 30.2 Å². The summed E-state index contributed by atoms with van der Waals surface area (Å²) in [6, 6.07) is 4.45. The lowest BCUT2D eigenvalue weighted by Gasteiger charge is -2.34. The van der Waals surface area contributed by atoms with E-state index in [1.165, 1.54) is 12.4 Å². The zero-order valence-electron chi connectivity index (χ0n) is 15.2. The number of nitrogens with one attached hydrogen (secondary N) is 1. The van der Waals surface area contributed by atoms with Crippen molar-refractivity contribution >= 4 is 17.8 Å². The summed E-state index contributed by atoms with van der Waals surface area (Å²) < 4.78 is 53.4. The topological polar surface area (TPSA) is 99.0 Å².